The Kier molecular flexibility index (Phi) is 4.68. The topological polar surface area (TPSA) is 41.6 Å². The SMILES string of the molecule is CCCCc1nc2cc(Cl)c(Cl)cc2n1CCC#N. The number of halogens is 2. The summed E-state index contributed by atoms with van der Waals surface area (Å²) >= 11 is 12.1. The van der Waals surface area contributed by atoms with Crippen LogP contribution >= 0.6 is 23.2 Å². The Morgan fingerprint density at radius 2 is 2.05 bits per heavy atom. The highest BCUT2D eigenvalue weighted by Crippen LogP contribution is 2.28. The Morgan fingerprint density at radius 3 is 2.74 bits per heavy atom. The van der Waals surface area contributed by atoms with Crippen molar-refractivity contribution in [3.05, 3.63) is 28.0 Å². The van der Waals surface area contributed by atoms with E-state index < -0.39 is 0 Å². The third-order valence-corrected chi connectivity index (χ3v) is 3.79. The van der Waals surface area contributed by atoms with Crippen LogP contribution in [0.1, 0.15) is 32.0 Å². The van der Waals surface area contributed by atoms with Gasteiger partial charge in [-0.25, -0.2) is 4.98 Å². The van der Waals surface area contributed by atoms with E-state index in [0.29, 0.717) is 23.0 Å². The fourth-order valence-corrected chi connectivity index (χ4v) is 2.42. The number of nitriles is 1. The molecule has 0 N–H and O–H groups in total. The van der Waals surface area contributed by atoms with Gasteiger partial charge in [0.25, 0.3) is 0 Å². The molecule has 2 rings (SSSR count). The van der Waals surface area contributed by atoms with E-state index >= 15 is 0 Å². The minimum absolute atomic E-state index is 0.463. The van der Waals surface area contributed by atoms with Crippen LogP contribution in [0.15, 0.2) is 12.1 Å². The van der Waals surface area contributed by atoms with Crippen LogP contribution in [0, 0.1) is 11.3 Å². The van der Waals surface area contributed by atoms with Gasteiger partial charge in [0.1, 0.15) is 5.82 Å². The van der Waals surface area contributed by atoms with E-state index in [2.05, 4.69) is 22.5 Å². The predicted octanol–water partition coefficient (Wildman–Crippen LogP) is 4.60. The van der Waals surface area contributed by atoms with Crippen molar-refractivity contribution in [2.24, 2.45) is 0 Å². The van der Waals surface area contributed by atoms with Gasteiger partial charge in [0.2, 0.25) is 0 Å². The minimum Gasteiger partial charge on any atom is -0.327 e. The van der Waals surface area contributed by atoms with Gasteiger partial charge in [-0.1, -0.05) is 36.5 Å². The van der Waals surface area contributed by atoms with Crippen molar-refractivity contribution < 1.29 is 0 Å². The highest BCUT2D eigenvalue weighted by atomic mass is 35.5. The lowest BCUT2D eigenvalue weighted by Gasteiger charge is -2.06. The second-order valence-corrected chi connectivity index (χ2v) is 5.26. The van der Waals surface area contributed by atoms with Gasteiger partial charge in [0.05, 0.1) is 33.6 Å². The van der Waals surface area contributed by atoms with Gasteiger partial charge >= 0.3 is 0 Å². The molecule has 0 atom stereocenters. The summed E-state index contributed by atoms with van der Waals surface area (Å²) in [7, 11) is 0. The lowest BCUT2D eigenvalue weighted by Crippen LogP contribution is -2.03. The fraction of sp³-hybridized carbons (Fsp3) is 0.429. The van der Waals surface area contributed by atoms with Crippen LogP contribution in [-0.4, -0.2) is 9.55 Å². The number of nitrogens with zero attached hydrogens (tertiary/aromatic N) is 3. The maximum atomic E-state index is 8.77. The quantitative estimate of drug-likeness (QED) is 0.809. The van der Waals surface area contributed by atoms with Gasteiger partial charge in [0.15, 0.2) is 0 Å². The molecule has 0 aliphatic rings. The van der Waals surface area contributed by atoms with Crippen molar-refractivity contribution in [2.45, 2.75) is 39.2 Å². The Labute approximate surface area is 122 Å². The van der Waals surface area contributed by atoms with Crippen LogP contribution in [0.4, 0.5) is 0 Å². The third-order valence-electron chi connectivity index (χ3n) is 3.07. The zero-order valence-electron chi connectivity index (χ0n) is 10.8. The molecule has 0 amide bonds. The number of hydrogen-bond acceptors (Lipinski definition) is 2. The van der Waals surface area contributed by atoms with Crippen molar-refractivity contribution >= 4 is 34.2 Å². The zero-order chi connectivity index (χ0) is 13.8. The van der Waals surface area contributed by atoms with Crippen molar-refractivity contribution in [3.63, 3.8) is 0 Å². The summed E-state index contributed by atoms with van der Waals surface area (Å²) in [6, 6.07) is 5.79. The molecular weight excluding hydrogens is 281 g/mol. The maximum absolute atomic E-state index is 8.77. The van der Waals surface area contributed by atoms with Crippen LogP contribution in [0.25, 0.3) is 11.0 Å². The zero-order valence-corrected chi connectivity index (χ0v) is 12.3. The Balaban J connectivity index is 2.50. The molecule has 1 aromatic heterocycles. The van der Waals surface area contributed by atoms with Gasteiger partial charge in [0, 0.05) is 13.0 Å². The highest BCUT2D eigenvalue weighted by Gasteiger charge is 2.12. The molecule has 3 nitrogen and oxygen atoms in total. The largest absolute Gasteiger partial charge is 0.327 e. The van der Waals surface area contributed by atoms with E-state index in [1.54, 1.807) is 6.07 Å². The standard InChI is InChI=1S/C14H15Cl2N3/c1-2-3-5-14-18-12-8-10(15)11(16)9-13(12)19(14)7-4-6-17/h8-9H,2-5,7H2,1H3. The number of aromatic nitrogens is 2. The first-order valence-electron chi connectivity index (χ1n) is 6.38. The minimum atomic E-state index is 0.463. The molecule has 0 aliphatic heterocycles. The summed E-state index contributed by atoms with van der Waals surface area (Å²) in [5.41, 5.74) is 1.80. The molecule has 19 heavy (non-hydrogen) atoms. The molecule has 1 heterocycles. The van der Waals surface area contributed by atoms with E-state index in [0.717, 1.165) is 36.1 Å². The number of aryl methyl sites for hydroxylation is 2. The molecule has 0 spiro atoms. The lowest BCUT2D eigenvalue weighted by molar-refractivity contribution is 0.654. The summed E-state index contributed by atoms with van der Waals surface area (Å²) in [5, 5.41) is 9.81. The molecule has 0 aliphatic carbocycles. The first kappa shape index (κ1) is 14.2. The van der Waals surface area contributed by atoms with Crippen molar-refractivity contribution in [1.29, 1.82) is 5.26 Å². The summed E-state index contributed by atoms with van der Waals surface area (Å²) in [6.45, 7) is 2.79. The van der Waals surface area contributed by atoms with Crippen molar-refractivity contribution in [1.82, 2.24) is 9.55 Å². The molecule has 5 heteroatoms. The first-order valence-corrected chi connectivity index (χ1v) is 7.14. The Hall–Kier alpha value is -1.24. The van der Waals surface area contributed by atoms with E-state index in [4.69, 9.17) is 28.5 Å². The van der Waals surface area contributed by atoms with Crippen LogP contribution in [0.5, 0.6) is 0 Å². The molecular formula is C14H15Cl2N3. The van der Waals surface area contributed by atoms with Crippen molar-refractivity contribution in [3.8, 4) is 6.07 Å². The van der Waals surface area contributed by atoms with Gasteiger partial charge in [-0.15, -0.1) is 0 Å². The van der Waals surface area contributed by atoms with Gasteiger partial charge in [-0.2, -0.15) is 5.26 Å². The summed E-state index contributed by atoms with van der Waals surface area (Å²) in [4.78, 5) is 4.62. The normalized spacial score (nSPS) is 10.8. The summed E-state index contributed by atoms with van der Waals surface area (Å²) in [5.74, 6) is 1.01. The number of rotatable bonds is 5. The third kappa shape index (κ3) is 3.02. The second-order valence-electron chi connectivity index (χ2n) is 4.45. The fourth-order valence-electron chi connectivity index (χ4n) is 2.11. The van der Waals surface area contributed by atoms with Crippen molar-refractivity contribution in [2.75, 3.05) is 0 Å². The Morgan fingerprint density at radius 1 is 1.32 bits per heavy atom. The number of imidazole rings is 1. The second kappa shape index (κ2) is 6.27. The van der Waals surface area contributed by atoms with Crippen LogP contribution in [-0.2, 0) is 13.0 Å². The lowest BCUT2D eigenvalue weighted by atomic mass is 10.2. The molecule has 0 saturated heterocycles. The van der Waals surface area contributed by atoms with E-state index in [1.165, 1.54) is 0 Å². The number of fused-ring (bicyclic) bond motifs is 1. The number of hydrogen-bond donors (Lipinski definition) is 0. The Bertz CT molecular complexity index is 626. The number of unbranched alkanes of at least 4 members (excludes halogenated alkanes) is 1. The smallest absolute Gasteiger partial charge is 0.109 e. The molecule has 0 fully saturated rings. The van der Waals surface area contributed by atoms with Crippen LogP contribution in [0.3, 0.4) is 0 Å². The summed E-state index contributed by atoms with van der Waals surface area (Å²) in [6.07, 6.45) is 3.57. The average molecular weight is 296 g/mol. The van der Waals surface area contributed by atoms with Gasteiger partial charge < -0.3 is 4.57 Å². The molecule has 2 aromatic rings. The van der Waals surface area contributed by atoms with E-state index in [9.17, 15) is 0 Å². The predicted molar refractivity (Wildman–Crippen MR) is 78.6 cm³/mol. The van der Waals surface area contributed by atoms with Gasteiger partial charge in [-0.05, 0) is 18.6 Å². The maximum Gasteiger partial charge on any atom is 0.109 e. The van der Waals surface area contributed by atoms with Gasteiger partial charge in [-0.3, -0.25) is 0 Å². The average Bonchev–Trinajstić information content (AvgIpc) is 2.71. The first-order chi connectivity index (χ1) is 9.17. The molecule has 0 unspecified atom stereocenters. The molecule has 1 aromatic carbocycles. The monoisotopic (exact) mass is 295 g/mol. The highest BCUT2D eigenvalue weighted by molar-refractivity contribution is 6.42. The molecule has 100 valence electrons. The summed E-state index contributed by atoms with van der Waals surface area (Å²) < 4.78 is 2.08. The molecule has 0 saturated carbocycles. The van der Waals surface area contributed by atoms with Crippen LogP contribution in [0.2, 0.25) is 10.0 Å². The van der Waals surface area contributed by atoms with E-state index in [-0.39, 0.29) is 0 Å². The molecule has 0 bridgehead atoms. The number of benzene rings is 1. The molecule has 0 radical (unpaired) electrons. The van der Waals surface area contributed by atoms with Crippen LogP contribution < -0.4 is 0 Å². The van der Waals surface area contributed by atoms with E-state index in [1.807, 2.05) is 6.07 Å².